The predicted octanol–water partition coefficient (Wildman–Crippen LogP) is 1.66. The Morgan fingerprint density at radius 1 is 1.26 bits per heavy atom. The Labute approximate surface area is 139 Å². The van der Waals surface area contributed by atoms with Crippen LogP contribution in [0.1, 0.15) is 12.0 Å². The van der Waals surface area contributed by atoms with E-state index in [4.69, 9.17) is 9.47 Å². The van der Waals surface area contributed by atoms with Crippen LogP contribution in [0, 0.1) is 5.92 Å². The van der Waals surface area contributed by atoms with Gasteiger partial charge < -0.3 is 19.3 Å². The second-order valence-electron chi connectivity index (χ2n) is 6.45. The van der Waals surface area contributed by atoms with Crippen LogP contribution >= 0.6 is 0 Å². The molecule has 2 atom stereocenters. The first-order valence-corrected chi connectivity index (χ1v) is 8.11. The van der Waals surface area contributed by atoms with Crippen LogP contribution in [0.2, 0.25) is 0 Å². The van der Waals surface area contributed by atoms with Gasteiger partial charge in [-0.2, -0.15) is 0 Å². The van der Waals surface area contributed by atoms with Crippen LogP contribution in [0.4, 0.5) is 0 Å². The molecule has 5 nitrogen and oxygen atoms in total. The molecule has 1 saturated heterocycles. The zero-order chi connectivity index (χ0) is 16.8. The Morgan fingerprint density at radius 2 is 1.96 bits per heavy atom. The van der Waals surface area contributed by atoms with E-state index in [1.165, 1.54) is 5.56 Å². The summed E-state index contributed by atoms with van der Waals surface area (Å²) in [7, 11) is 7.29. The SMILES string of the molecule is COc1ccc(C[C@@H]2CN(C(=O)CN(C)C)CC[C@@H]2OC)cc1. The van der Waals surface area contributed by atoms with Gasteiger partial charge in [0.2, 0.25) is 5.91 Å². The monoisotopic (exact) mass is 320 g/mol. The van der Waals surface area contributed by atoms with Gasteiger partial charge >= 0.3 is 0 Å². The highest BCUT2D eigenvalue weighted by Crippen LogP contribution is 2.24. The molecular formula is C18H28N2O3. The van der Waals surface area contributed by atoms with Crippen LogP contribution in [-0.4, -0.2) is 69.8 Å². The van der Waals surface area contributed by atoms with E-state index >= 15 is 0 Å². The molecule has 0 saturated carbocycles. The summed E-state index contributed by atoms with van der Waals surface area (Å²) in [5, 5.41) is 0. The Kier molecular flexibility index (Phi) is 6.42. The van der Waals surface area contributed by atoms with Crippen LogP contribution < -0.4 is 4.74 Å². The van der Waals surface area contributed by atoms with Gasteiger partial charge in [-0.1, -0.05) is 12.1 Å². The van der Waals surface area contributed by atoms with Crippen molar-refractivity contribution in [2.75, 3.05) is 47.9 Å². The van der Waals surface area contributed by atoms with Crippen molar-refractivity contribution < 1.29 is 14.3 Å². The highest BCUT2D eigenvalue weighted by atomic mass is 16.5. The van der Waals surface area contributed by atoms with Gasteiger partial charge in [0, 0.05) is 26.1 Å². The van der Waals surface area contributed by atoms with Crippen LogP contribution in [0.3, 0.4) is 0 Å². The van der Waals surface area contributed by atoms with Crippen molar-refractivity contribution in [1.29, 1.82) is 0 Å². The number of hydrogen-bond donors (Lipinski definition) is 0. The van der Waals surface area contributed by atoms with Crippen molar-refractivity contribution in [2.24, 2.45) is 5.92 Å². The third-order valence-electron chi connectivity index (χ3n) is 4.43. The topological polar surface area (TPSA) is 42.0 Å². The molecule has 0 bridgehead atoms. The van der Waals surface area contributed by atoms with Crippen LogP contribution in [-0.2, 0) is 16.0 Å². The number of piperidine rings is 1. The minimum atomic E-state index is 0.198. The van der Waals surface area contributed by atoms with Crippen molar-refractivity contribution in [1.82, 2.24) is 9.80 Å². The van der Waals surface area contributed by atoms with E-state index in [2.05, 4.69) is 12.1 Å². The van der Waals surface area contributed by atoms with Crippen LogP contribution in [0.15, 0.2) is 24.3 Å². The minimum Gasteiger partial charge on any atom is -0.497 e. The summed E-state index contributed by atoms with van der Waals surface area (Å²) >= 11 is 0. The van der Waals surface area contributed by atoms with Crippen LogP contribution in [0.25, 0.3) is 0 Å². The Balaban J connectivity index is 2.01. The lowest BCUT2D eigenvalue weighted by atomic mass is 9.88. The van der Waals surface area contributed by atoms with Gasteiger partial charge in [-0.3, -0.25) is 4.79 Å². The summed E-state index contributed by atoms with van der Waals surface area (Å²) in [6.45, 7) is 2.01. The molecule has 1 aromatic carbocycles. The molecule has 0 aliphatic carbocycles. The van der Waals surface area contributed by atoms with E-state index in [9.17, 15) is 4.79 Å². The summed E-state index contributed by atoms with van der Waals surface area (Å²) < 4.78 is 10.9. The molecular weight excluding hydrogens is 292 g/mol. The standard InChI is InChI=1S/C18H28N2O3/c1-19(2)13-18(21)20-10-9-17(23-4)15(12-20)11-14-5-7-16(22-3)8-6-14/h5-8,15,17H,9-13H2,1-4H3/t15-,17+/m1/s1. The van der Waals surface area contributed by atoms with Gasteiger partial charge in [0.05, 0.1) is 19.8 Å². The van der Waals surface area contributed by atoms with Crippen molar-refractivity contribution in [2.45, 2.75) is 18.9 Å². The highest BCUT2D eigenvalue weighted by molar-refractivity contribution is 5.78. The van der Waals surface area contributed by atoms with Gasteiger partial charge in [-0.05, 0) is 44.6 Å². The molecule has 128 valence electrons. The second kappa shape index (κ2) is 8.31. The number of carbonyl (C=O) groups is 1. The number of rotatable bonds is 6. The Bertz CT molecular complexity index is 501. The third-order valence-corrected chi connectivity index (χ3v) is 4.43. The number of nitrogens with zero attached hydrogens (tertiary/aromatic N) is 2. The predicted molar refractivity (Wildman–Crippen MR) is 90.7 cm³/mol. The molecule has 0 aromatic heterocycles. The molecule has 5 heteroatoms. The first kappa shape index (κ1) is 17.8. The van der Waals surface area contributed by atoms with Crippen LogP contribution in [0.5, 0.6) is 5.75 Å². The van der Waals surface area contributed by atoms with E-state index in [0.717, 1.165) is 31.7 Å². The van der Waals surface area contributed by atoms with E-state index in [1.807, 2.05) is 36.0 Å². The first-order chi connectivity index (χ1) is 11.0. The molecule has 1 amide bonds. The zero-order valence-corrected chi connectivity index (χ0v) is 14.6. The average Bonchev–Trinajstić information content (AvgIpc) is 2.55. The fourth-order valence-electron chi connectivity index (χ4n) is 3.18. The van der Waals surface area contributed by atoms with Crippen molar-refractivity contribution >= 4 is 5.91 Å². The second-order valence-corrected chi connectivity index (χ2v) is 6.45. The lowest BCUT2D eigenvalue weighted by Crippen LogP contribution is -2.49. The number of hydrogen-bond acceptors (Lipinski definition) is 4. The number of likely N-dealkylation sites (tertiary alicyclic amines) is 1. The molecule has 0 unspecified atom stereocenters. The molecule has 0 N–H and O–H groups in total. The van der Waals surface area contributed by atoms with Crippen molar-refractivity contribution in [3.63, 3.8) is 0 Å². The summed E-state index contributed by atoms with van der Waals surface area (Å²) in [4.78, 5) is 16.2. The molecule has 0 radical (unpaired) electrons. The summed E-state index contributed by atoms with van der Waals surface area (Å²) in [6.07, 6.45) is 2.02. The highest BCUT2D eigenvalue weighted by Gasteiger charge is 2.31. The van der Waals surface area contributed by atoms with E-state index in [1.54, 1.807) is 14.2 Å². The smallest absolute Gasteiger partial charge is 0.236 e. The normalized spacial score (nSPS) is 21.5. The number of amides is 1. The molecule has 1 aliphatic rings. The molecule has 23 heavy (non-hydrogen) atoms. The Morgan fingerprint density at radius 3 is 2.52 bits per heavy atom. The quantitative estimate of drug-likeness (QED) is 0.799. The number of likely N-dealkylation sites (N-methyl/N-ethyl adjacent to an activating group) is 1. The van der Waals surface area contributed by atoms with Gasteiger partial charge in [0.15, 0.2) is 0 Å². The fraction of sp³-hybridized carbons (Fsp3) is 0.611. The van der Waals surface area contributed by atoms with Gasteiger partial charge in [0.25, 0.3) is 0 Å². The van der Waals surface area contributed by atoms with Crippen molar-refractivity contribution in [3.05, 3.63) is 29.8 Å². The molecule has 2 rings (SSSR count). The number of methoxy groups -OCH3 is 2. The lowest BCUT2D eigenvalue weighted by molar-refractivity contribution is -0.136. The number of carbonyl (C=O) groups excluding carboxylic acids is 1. The van der Waals surface area contributed by atoms with E-state index < -0.39 is 0 Å². The largest absolute Gasteiger partial charge is 0.497 e. The van der Waals surface area contributed by atoms with Gasteiger partial charge in [0.1, 0.15) is 5.75 Å². The molecule has 1 aromatic rings. The maximum absolute atomic E-state index is 12.3. The number of benzene rings is 1. The number of ether oxygens (including phenoxy) is 2. The Hall–Kier alpha value is -1.59. The molecule has 1 heterocycles. The van der Waals surface area contributed by atoms with Crippen molar-refractivity contribution in [3.8, 4) is 5.75 Å². The van der Waals surface area contributed by atoms with E-state index in [0.29, 0.717) is 12.5 Å². The molecule has 1 fully saturated rings. The lowest BCUT2D eigenvalue weighted by Gasteiger charge is -2.38. The zero-order valence-electron chi connectivity index (χ0n) is 14.6. The first-order valence-electron chi connectivity index (χ1n) is 8.11. The minimum absolute atomic E-state index is 0.198. The molecule has 1 aliphatic heterocycles. The summed E-state index contributed by atoms with van der Waals surface area (Å²) in [6, 6.07) is 8.14. The van der Waals surface area contributed by atoms with E-state index in [-0.39, 0.29) is 12.0 Å². The van der Waals surface area contributed by atoms with Gasteiger partial charge in [-0.15, -0.1) is 0 Å². The molecule has 0 spiro atoms. The maximum Gasteiger partial charge on any atom is 0.236 e. The maximum atomic E-state index is 12.3. The fourth-order valence-corrected chi connectivity index (χ4v) is 3.18. The third kappa shape index (κ3) is 4.94. The average molecular weight is 320 g/mol. The summed E-state index contributed by atoms with van der Waals surface area (Å²) in [5.74, 6) is 1.39. The van der Waals surface area contributed by atoms with Gasteiger partial charge in [-0.25, -0.2) is 0 Å². The summed E-state index contributed by atoms with van der Waals surface area (Å²) in [5.41, 5.74) is 1.25.